The Bertz CT molecular complexity index is 1230. The lowest BCUT2D eigenvalue weighted by atomic mass is 10.2. The zero-order valence-electron chi connectivity index (χ0n) is 18.5. The summed E-state index contributed by atoms with van der Waals surface area (Å²) in [5.74, 6) is 0.165. The normalized spacial score (nSPS) is 11.3. The van der Waals surface area contributed by atoms with Crippen molar-refractivity contribution in [3.8, 4) is 11.5 Å². The number of nitrogens with zero attached hydrogens (tertiary/aromatic N) is 1. The second-order valence-corrected chi connectivity index (χ2v) is 9.62. The lowest BCUT2D eigenvalue weighted by Gasteiger charge is -2.23. The van der Waals surface area contributed by atoms with Gasteiger partial charge in [0.05, 0.1) is 25.8 Å². The Kier molecular flexibility index (Phi) is 7.97. The number of ether oxygens (including phenoxy) is 2. The highest BCUT2D eigenvalue weighted by Gasteiger charge is 2.30. The monoisotopic (exact) mass is 488 g/mol. The van der Waals surface area contributed by atoms with E-state index in [2.05, 4.69) is 5.32 Å². The average Bonchev–Trinajstić information content (AvgIpc) is 2.79. The number of carbonyl (C=O) groups excluding carboxylic acids is 1. The first-order valence-corrected chi connectivity index (χ1v) is 11.9. The highest BCUT2D eigenvalue weighted by Crippen LogP contribution is 2.30. The van der Waals surface area contributed by atoms with E-state index in [9.17, 15) is 13.2 Å². The number of nitrogens with one attached hydrogen (secondary N) is 1. The van der Waals surface area contributed by atoms with Crippen molar-refractivity contribution in [1.29, 1.82) is 0 Å². The summed E-state index contributed by atoms with van der Waals surface area (Å²) in [4.78, 5) is 12.9. The molecule has 3 rings (SSSR count). The quantitative estimate of drug-likeness (QED) is 0.479. The van der Waals surface area contributed by atoms with Crippen LogP contribution < -0.4 is 14.8 Å². The maximum atomic E-state index is 13.6. The van der Waals surface area contributed by atoms with Gasteiger partial charge in [-0.15, -0.1) is 0 Å². The number of hydrogen-bond acceptors (Lipinski definition) is 5. The molecular weight excluding hydrogens is 464 g/mol. The molecule has 0 aromatic heterocycles. The van der Waals surface area contributed by atoms with Crippen molar-refractivity contribution < 1.29 is 22.7 Å². The van der Waals surface area contributed by atoms with Crippen molar-refractivity contribution in [2.24, 2.45) is 0 Å². The largest absolute Gasteiger partial charge is 0.495 e. The number of rotatable bonds is 9. The van der Waals surface area contributed by atoms with Crippen LogP contribution in [0.2, 0.25) is 5.02 Å². The summed E-state index contributed by atoms with van der Waals surface area (Å²) in [5.41, 5.74) is 1.93. The van der Waals surface area contributed by atoms with Crippen molar-refractivity contribution >= 4 is 33.2 Å². The summed E-state index contributed by atoms with van der Waals surface area (Å²) >= 11 is 6.13. The molecule has 0 heterocycles. The molecule has 0 aliphatic carbocycles. The second kappa shape index (κ2) is 10.7. The van der Waals surface area contributed by atoms with Crippen LogP contribution in [0.4, 0.5) is 5.69 Å². The zero-order valence-corrected chi connectivity index (χ0v) is 20.1. The Morgan fingerprint density at radius 3 is 2.27 bits per heavy atom. The summed E-state index contributed by atoms with van der Waals surface area (Å²) in [6.07, 6.45) is 0. The Labute approximate surface area is 198 Å². The van der Waals surface area contributed by atoms with Crippen molar-refractivity contribution in [3.63, 3.8) is 0 Å². The van der Waals surface area contributed by atoms with E-state index in [1.54, 1.807) is 43.3 Å². The molecule has 3 aromatic carbocycles. The predicted octanol–water partition coefficient (Wildman–Crippen LogP) is 4.50. The number of aryl methyl sites for hydroxylation is 1. The van der Waals surface area contributed by atoms with Gasteiger partial charge >= 0.3 is 0 Å². The number of benzene rings is 3. The number of hydrogen-bond donors (Lipinski definition) is 1. The molecule has 0 bridgehead atoms. The molecular formula is C24H25ClN2O5S. The Morgan fingerprint density at radius 1 is 0.970 bits per heavy atom. The van der Waals surface area contributed by atoms with Gasteiger partial charge in [0.1, 0.15) is 16.4 Å². The third-order valence-electron chi connectivity index (χ3n) is 4.89. The van der Waals surface area contributed by atoms with Crippen LogP contribution >= 0.6 is 11.6 Å². The standard InChI is InChI=1S/C24H25ClN2O5S/c1-17-9-11-22(32-3)23(13-17)33(29,30)27(15-18-7-5-4-6-8-18)16-24(28)26-19-10-12-21(31-2)20(25)14-19/h4-14H,15-16H2,1-3H3,(H,26,28). The fraction of sp³-hybridized carbons (Fsp3) is 0.208. The van der Waals surface area contributed by atoms with E-state index in [4.69, 9.17) is 21.1 Å². The van der Waals surface area contributed by atoms with Crippen LogP contribution in [-0.2, 0) is 21.4 Å². The van der Waals surface area contributed by atoms with Gasteiger partial charge in [-0.25, -0.2) is 8.42 Å². The summed E-state index contributed by atoms with van der Waals surface area (Å²) in [5, 5.41) is 3.02. The summed E-state index contributed by atoms with van der Waals surface area (Å²) in [7, 11) is -1.17. The molecule has 174 valence electrons. The topological polar surface area (TPSA) is 84.9 Å². The molecule has 0 aliphatic rings. The van der Waals surface area contributed by atoms with Gasteiger partial charge in [-0.1, -0.05) is 48.0 Å². The van der Waals surface area contributed by atoms with Crippen LogP contribution in [0.1, 0.15) is 11.1 Å². The average molecular weight is 489 g/mol. The molecule has 0 aliphatic heterocycles. The third kappa shape index (κ3) is 6.04. The van der Waals surface area contributed by atoms with Crippen LogP contribution in [-0.4, -0.2) is 39.4 Å². The number of carbonyl (C=O) groups is 1. The fourth-order valence-electron chi connectivity index (χ4n) is 3.24. The minimum atomic E-state index is -4.07. The molecule has 0 spiro atoms. The smallest absolute Gasteiger partial charge is 0.247 e. The summed E-state index contributed by atoms with van der Waals surface area (Å²) in [6.45, 7) is 1.40. The minimum absolute atomic E-state index is 0.00113. The maximum Gasteiger partial charge on any atom is 0.247 e. The molecule has 1 N–H and O–H groups in total. The highest BCUT2D eigenvalue weighted by atomic mass is 35.5. The summed E-state index contributed by atoms with van der Waals surface area (Å²) in [6, 6.07) is 18.8. The molecule has 7 nitrogen and oxygen atoms in total. The number of halogens is 1. The van der Waals surface area contributed by atoms with E-state index in [1.807, 2.05) is 18.2 Å². The molecule has 0 atom stereocenters. The molecule has 33 heavy (non-hydrogen) atoms. The second-order valence-electron chi connectivity index (χ2n) is 7.31. The van der Waals surface area contributed by atoms with Crippen molar-refractivity contribution in [2.45, 2.75) is 18.4 Å². The van der Waals surface area contributed by atoms with Gasteiger partial charge in [0.2, 0.25) is 15.9 Å². The molecule has 9 heteroatoms. The molecule has 0 saturated carbocycles. The number of anilines is 1. The first-order valence-electron chi connectivity index (χ1n) is 10.1. The summed E-state index contributed by atoms with van der Waals surface area (Å²) < 4.78 is 38.8. The Hall–Kier alpha value is -3.07. The van der Waals surface area contributed by atoms with Crippen molar-refractivity contribution in [3.05, 3.63) is 82.9 Å². The van der Waals surface area contributed by atoms with E-state index >= 15 is 0 Å². The van der Waals surface area contributed by atoms with Crippen LogP contribution in [0.5, 0.6) is 11.5 Å². The molecule has 0 saturated heterocycles. The fourth-order valence-corrected chi connectivity index (χ4v) is 5.12. The van der Waals surface area contributed by atoms with Gasteiger partial charge in [-0.3, -0.25) is 4.79 Å². The van der Waals surface area contributed by atoms with Gasteiger partial charge in [0.15, 0.2) is 0 Å². The third-order valence-corrected chi connectivity index (χ3v) is 7.00. The SMILES string of the molecule is COc1ccc(NC(=O)CN(Cc2ccccc2)S(=O)(=O)c2cc(C)ccc2OC)cc1Cl. The van der Waals surface area contributed by atoms with Crippen LogP contribution in [0.3, 0.4) is 0 Å². The Balaban J connectivity index is 1.92. The number of sulfonamides is 1. The van der Waals surface area contributed by atoms with Gasteiger partial charge in [-0.2, -0.15) is 4.31 Å². The van der Waals surface area contributed by atoms with Gasteiger partial charge in [-0.05, 0) is 48.4 Å². The first-order chi connectivity index (χ1) is 15.7. The van der Waals surface area contributed by atoms with Crippen LogP contribution in [0.25, 0.3) is 0 Å². The molecule has 0 radical (unpaired) electrons. The van der Waals surface area contributed by atoms with Crippen molar-refractivity contribution in [1.82, 2.24) is 4.31 Å². The van der Waals surface area contributed by atoms with E-state index in [-0.39, 0.29) is 17.2 Å². The van der Waals surface area contributed by atoms with Gasteiger partial charge < -0.3 is 14.8 Å². The number of methoxy groups -OCH3 is 2. The van der Waals surface area contributed by atoms with Crippen LogP contribution in [0, 0.1) is 6.92 Å². The zero-order chi connectivity index (χ0) is 24.0. The lowest BCUT2D eigenvalue weighted by molar-refractivity contribution is -0.116. The van der Waals surface area contributed by atoms with Crippen molar-refractivity contribution in [2.75, 3.05) is 26.1 Å². The van der Waals surface area contributed by atoms with E-state index in [0.29, 0.717) is 16.5 Å². The first kappa shape index (κ1) is 24.6. The molecule has 0 unspecified atom stereocenters. The molecule has 3 aromatic rings. The van der Waals surface area contributed by atoms with Gasteiger partial charge in [0, 0.05) is 12.2 Å². The van der Waals surface area contributed by atoms with E-state index < -0.39 is 22.5 Å². The molecule has 0 fully saturated rings. The van der Waals surface area contributed by atoms with Gasteiger partial charge in [0.25, 0.3) is 0 Å². The minimum Gasteiger partial charge on any atom is -0.495 e. The Morgan fingerprint density at radius 2 is 1.64 bits per heavy atom. The predicted molar refractivity (Wildman–Crippen MR) is 128 cm³/mol. The molecule has 1 amide bonds. The highest BCUT2D eigenvalue weighted by molar-refractivity contribution is 7.89. The van der Waals surface area contributed by atoms with Crippen LogP contribution in [0.15, 0.2) is 71.6 Å². The van der Waals surface area contributed by atoms with E-state index in [1.165, 1.54) is 26.4 Å². The number of amides is 1. The maximum absolute atomic E-state index is 13.6. The lowest BCUT2D eigenvalue weighted by Crippen LogP contribution is -2.37. The van der Waals surface area contributed by atoms with E-state index in [0.717, 1.165) is 15.4 Å².